The van der Waals surface area contributed by atoms with Gasteiger partial charge in [0.15, 0.2) is 4.90 Å². The van der Waals surface area contributed by atoms with Crippen LogP contribution in [0.2, 0.25) is 0 Å². The van der Waals surface area contributed by atoms with Gasteiger partial charge in [-0.25, -0.2) is 4.79 Å². The lowest BCUT2D eigenvalue weighted by molar-refractivity contribution is 0.251. The molecule has 2 aromatic rings. The molecule has 2 amide bonds. The summed E-state index contributed by atoms with van der Waals surface area (Å²) >= 11 is 0.755. The van der Waals surface area contributed by atoms with E-state index < -0.39 is 11.4 Å². The van der Waals surface area contributed by atoms with Crippen molar-refractivity contribution in [2.45, 2.75) is 11.4 Å². The molecule has 1 aliphatic heterocycles. The van der Waals surface area contributed by atoms with Crippen LogP contribution in [0.4, 0.5) is 10.5 Å². The molecule has 1 atom stereocenters. The number of benzene rings is 1. The van der Waals surface area contributed by atoms with Crippen molar-refractivity contribution < 1.29 is 9.35 Å². The van der Waals surface area contributed by atoms with E-state index in [1.807, 2.05) is 28.2 Å². The number of urea groups is 1. The van der Waals surface area contributed by atoms with Crippen molar-refractivity contribution in [2.24, 2.45) is 0 Å². The first-order valence-electron chi connectivity index (χ1n) is 8.01. The zero-order chi connectivity index (χ0) is 17.5. The summed E-state index contributed by atoms with van der Waals surface area (Å²) in [7, 11) is 0. The van der Waals surface area contributed by atoms with E-state index in [9.17, 15) is 9.35 Å². The van der Waals surface area contributed by atoms with Gasteiger partial charge in [0.1, 0.15) is 0 Å². The summed E-state index contributed by atoms with van der Waals surface area (Å²) in [5, 5.41) is 5.55. The summed E-state index contributed by atoms with van der Waals surface area (Å²) in [6.45, 7) is 2.09. The average Bonchev–Trinajstić information content (AvgIpc) is 2.68. The molecule has 0 aliphatic carbocycles. The van der Waals surface area contributed by atoms with Gasteiger partial charge in [-0.3, -0.25) is 4.98 Å². The highest BCUT2D eigenvalue weighted by atomic mass is 32.2. The zero-order valence-electron chi connectivity index (χ0n) is 13.7. The van der Waals surface area contributed by atoms with Crippen LogP contribution in [-0.4, -0.2) is 44.5 Å². The van der Waals surface area contributed by atoms with Gasteiger partial charge in [0.05, 0.1) is 24.5 Å². The highest BCUT2D eigenvalue weighted by molar-refractivity contribution is 7.99. The third-order valence-corrected chi connectivity index (χ3v) is 6.15. The summed E-state index contributed by atoms with van der Waals surface area (Å²) in [4.78, 5) is 16.7. The molecule has 0 saturated carbocycles. The van der Waals surface area contributed by atoms with Crippen LogP contribution in [0.25, 0.3) is 0 Å². The molecule has 1 aromatic carbocycles. The molecule has 132 valence electrons. The van der Waals surface area contributed by atoms with E-state index in [0.29, 0.717) is 12.2 Å². The van der Waals surface area contributed by atoms with Gasteiger partial charge >= 0.3 is 6.03 Å². The van der Waals surface area contributed by atoms with Gasteiger partial charge in [-0.2, -0.15) is 11.8 Å². The van der Waals surface area contributed by atoms with Gasteiger partial charge < -0.3 is 15.2 Å². The lowest BCUT2D eigenvalue weighted by Gasteiger charge is -2.26. The molecule has 0 bridgehead atoms. The Labute approximate surface area is 154 Å². The third kappa shape index (κ3) is 5.37. The lowest BCUT2D eigenvalue weighted by Crippen LogP contribution is -2.37. The summed E-state index contributed by atoms with van der Waals surface area (Å²) in [6.07, 6.45) is 3.40. The van der Waals surface area contributed by atoms with Crippen LogP contribution < -0.4 is 10.6 Å². The van der Waals surface area contributed by atoms with E-state index in [2.05, 4.69) is 15.6 Å². The summed E-state index contributed by atoms with van der Waals surface area (Å²) < 4.78 is 14.5. The van der Waals surface area contributed by atoms with Gasteiger partial charge in [-0.15, -0.1) is 4.31 Å². The van der Waals surface area contributed by atoms with Crippen LogP contribution in [0.3, 0.4) is 0 Å². The topological polar surface area (TPSA) is 80.3 Å². The van der Waals surface area contributed by atoms with Crippen molar-refractivity contribution >= 4 is 34.8 Å². The van der Waals surface area contributed by atoms with Crippen LogP contribution in [0.15, 0.2) is 53.7 Å². The van der Waals surface area contributed by atoms with Crippen LogP contribution in [0.1, 0.15) is 5.56 Å². The monoisotopic (exact) mass is 376 g/mol. The molecule has 2 heterocycles. The van der Waals surface area contributed by atoms with Crippen LogP contribution >= 0.6 is 11.8 Å². The number of carbonyl (C=O) groups is 1. The predicted octanol–water partition coefficient (Wildman–Crippen LogP) is 2.47. The fourth-order valence-corrected chi connectivity index (χ4v) is 4.69. The highest BCUT2D eigenvalue weighted by Gasteiger charge is 2.24. The number of carbonyl (C=O) groups excluding carboxylic acids is 1. The Balaban J connectivity index is 1.50. The first-order chi connectivity index (χ1) is 12.2. The van der Waals surface area contributed by atoms with Crippen molar-refractivity contribution in [3.05, 3.63) is 54.4 Å². The molecular weight excluding hydrogens is 356 g/mol. The van der Waals surface area contributed by atoms with E-state index in [0.717, 1.165) is 35.1 Å². The van der Waals surface area contributed by atoms with Gasteiger partial charge in [0.2, 0.25) is 0 Å². The number of pyridine rings is 1. The second-order valence-electron chi connectivity index (χ2n) is 5.48. The Bertz CT molecular complexity index is 679. The minimum atomic E-state index is -1.13. The third-order valence-electron chi connectivity index (χ3n) is 3.69. The Morgan fingerprint density at radius 3 is 2.68 bits per heavy atom. The minimum Gasteiger partial charge on any atom is -0.593 e. The Hall–Kier alpha value is -1.74. The quantitative estimate of drug-likeness (QED) is 0.784. The first kappa shape index (κ1) is 18.1. The van der Waals surface area contributed by atoms with Gasteiger partial charge in [-0.05, 0) is 35.9 Å². The number of amides is 2. The number of hydrogen-bond donors (Lipinski definition) is 2. The number of anilines is 1. The number of thioether (sulfide) groups is 1. The smallest absolute Gasteiger partial charge is 0.319 e. The van der Waals surface area contributed by atoms with Crippen LogP contribution in [0, 0.1) is 0 Å². The van der Waals surface area contributed by atoms with Crippen molar-refractivity contribution in [1.29, 1.82) is 0 Å². The van der Waals surface area contributed by atoms with Gasteiger partial charge in [0.25, 0.3) is 0 Å². The summed E-state index contributed by atoms with van der Waals surface area (Å²) in [6, 6.07) is 10.6. The maximum Gasteiger partial charge on any atom is 0.319 e. The van der Waals surface area contributed by atoms with E-state index >= 15 is 0 Å². The second kappa shape index (κ2) is 9.10. The van der Waals surface area contributed by atoms with Crippen molar-refractivity contribution in [1.82, 2.24) is 14.6 Å². The molecule has 25 heavy (non-hydrogen) atoms. The first-order valence-corrected chi connectivity index (χ1v) is 10.3. The van der Waals surface area contributed by atoms with E-state index in [4.69, 9.17) is 0 Å². The number of nitrogens with zero attached hydrogens (tertiary/aromatic N) is 2. The Morgan fingerprint density at radius 1 is 1.24 bits per heavy atom. The van der Waals surface area contributed by atoms with Crippen molar-refractivity contribution in [3.63, 3.8) is 0 Å². The average molecular weight is 377 g/mol. The Kier molecular flexibility index (Phi) is 6.57. The van der Waals surface area contributed by atoms with E-state index in [1.165, 1.54) is 0 Å². The number of hydrogen-bond acceptors (Lipinski definition) is 5. The standard InChI is InChI=1S/C17H20N4O2S2/c22-17(19-13-14-2-1-7-18-12-14)20-15-3-5-16(6-4-15)25(23)21-8-10-24-11-9-21/h1-7,12H,8-11,13H2,(H2,19,20,22). The Morgan fingerprint density at radius 2 is 2.00 bits per heavy atom. The molecule has 1 aromatic heterocycles. The fourth-order valence-electron chi connectivity index (χ4n) is 2.38. The molecule has 0 spiro atoms. The number of nitrogens with one attached hydrogen (secondary N) is 2. The number of aromatic nitrogens is 1. The van der Waals surface area contributed by atoms with Crippen molar-refractivity contribution in [2.75, 3.05) is 29.9 Å². The maximum atomic E-state index is 12.5. The van der Waals surface area contributed by atoms with E-state index in [-0.39, 0.29) is 6.03 Å². The van der Waals surface area contributed by atoms with Gasteiger partial charge in [0, 0.05) is 36.1 Å². The molecule has 1 aliphatic rings. The number of rotatable bonds is 5. The molecule has 1 unspecified atom stereocenters. The molecule has 1 saturated heterocycles. The SMILES string of the molecule is O=C(NCc1cccnc1)Nc1ccc([S+]([O-])N2CCSCC2)cc1. The minimum absolute atomic E-state index is 0.286. The molecular formula is C17H20N4O2S2. The zero-order valence-corrected chi connectivity index (χ0v) is 15.3. The fraction of sp³-hybridized carbons (Fsp3) is 0.294. The van der Waals surface area contributed by atoms with Crippen molar-refractivity contribution in [3.8, 4) is 0 Å². The molecule has 2 N–H and O–H groups in total. The normalized spacial score (nSPS) is 16.2. The largest absolute Gasteiger partial charge is 0.593 e. The second-order valence-corrected chi connectivity index (χ2v) is 8.19. The van der Waals surface area contributed by atoms with E-state index in [1.54, 1.807) is 36.7 Å². The highest BCUT2D eigenvalue weighted by Crippen LogP contribution is 2.21. The maximum absolute atomic E-state index is 12.5. The summed E-state index contributed by atoms with van der Waals surface area (Å²) in [5.41, 5.74) is 1.60. The predicted molar refractivity (Wildman–Crippen MR) is 102 cm³/mol. The summed E-state index contributed by atoms with van der Waals surface area (Å²) in [5.74, 6) is 2.03. The van der Waals surface area contributed by atoms with Crippen LogP contribution in [-0.2, 0) is 17.9 Å². The van der Waals surface area contributed by atoms with Gasteiger partial charge in [-0.1, -0.05) is 6.07 Å². The molecule has 6 nitrogen and oxygen atoms in total. The molecule has 3 rings (SSSR count). The van der Waals surface area contributed by atoms with Crippen LogP contribution in [0.5, 0.6) is 0 Å². The lowest BCUT2D eigenvalue weighted by atomic mass is 10.3. The molecule has 1 fully saturated rings. The molecule has 8 heteroatoms. The molecule has 0 radical (unpaired) electrons.